The maximum atomic E-state index is 11.1. The molecule has 0 radical (unpaired) electrons. The van der Waals surface area contributed by atoms with Crippen LogP contribution in [0.25, 0.3) is 0 Å². The van der Waals surface area contributed by atoms with E-state index in [4.69, 9.17) is 14.7 Å². The van der Waals surface area contributed by atoms with Crippen molar-refractivity contribution in [1.29, 1.82) is 5.26 Å². The second-order valence-corrected chi connectivity index (χ2v) is 5.49. The molecule has 116 valence electrons. The van der Waals surface area contributed by atoms with Crippen LogP contribution >= 0.6 is 0 Å². The number of fused-ring (bicyclic) bond motifs is 1. The summed E-state index contributed by atoms with van der Waals surface area (Å²) in [5.41, 5.74) is -0.719. The highest BCUT2D eigenvalue weighted by atomic mass is 16.6. The van der Waals surface area contributed by atoms with Gasteiger partial charge in [0.2, 0.25) is 0 Å². The van der Waals surface area contributed by atoms with E-state index < -0.39 is 11.6 Å². The molecule has 0 spiro atoms. The van der Waals surface area contributed by atoms with Crippen molar-refractivity contribution in [2.75, 3.05) is 13.7 Å². The van der Waals surface area contributed by atoms with Gasteiger partial charge in [-0.3, -0.25) is 0 Å². The summed E-state index contributed by atoms with van der Waals surface area (Å²) in [5, 5.41) is 18.4. The first-order valence-electron chi connectivity index (χ1n) is 7.21. The molecule has 0 amide bonds. The lowest BCUT2D eigenvalue weighted by Crippen LogP contribution is -2.51. The lowest BCUT2D eigenvalue weighted by atomic mass is 9.86. The van der Waals surface area contributed by atoms with Gasteiger partial charge in [-0.05, 0) is 25.3 Å². The molecule has 0 bridgehead atoms. The van der Waals surface area contributed by atoms with Crippen molar-refractivity contribution in [3.05, 3.63) is 12.2 Å². The van der Waals surface area contributed by atoms with E-state index in [2.05, 4.69) is 10.8 Å². The molecule has 0 aromatic rings. The van der Waals surface area contributed by atoms with Crippen LogP contribution in [-0.4, -0.2) is 48.7 Å². The summed E-state index contributed by atoms with van der Waals surface area (Å²) < 4.78 is 16.4. The van der Waals surface area contributed by atoms with Gasteiger partial charge in [-0.25, -0.2) is 4.79 Å². The molecule has 0 unspecified atom stereocenters. The van der Waals surface area contributed by atoms with Crippen LogP contribution in [0, 0.1) is 11.3 Å². The van der Waals surface area contributed by atoms with Crippen LogP contribution in [0.1, 0.15) is 32.1 Å². The zero-order valence-electron chi connectivity index (χ0n) is 12.2. The van der Waals surface area contributed by atoms with Gasteiger partial charge in [-0.2, -0.15) is 5.26 Å². The van der Waals surface area contributed by atoms with Crippen LogP contribution in [-0.2, 0) is 19.0 Å². The molecule has 6 nitrogen and oxygen atoms in total. The Morgan fingerprint density at radius 3 is 3.05 bits per heavy atom. The van der Waals surface area contributed by atoms with Gasteiger partial charge >= 0.3 is 5.97 Å². The van der Waals surface area contributed by atoms with Crippen molar-refractivity contribution in [2.24, 2.45) is 0 Å². The van der Waals surface area contributed by atoms with Crippen molar-refractivity contribution in [3.63, 3.8) is 0 Å². The molecule has 6 heteroatoms. The van der Waals surface area contributed by atoms with Crippen LogP contribution in [0.5, 0.6) is 0 Å². The third kappa shape index (κ3) is 3.62. The zero-order valence-corrected chi connectivity index (χ0v) is 12.2. The highest BCUT2D eigenvalue weighted by molar-refractivity contribution is 5.81. The van der Waals surface area contributed by atoms with Crippen LogP contribution in [0.15, 0.2) is 12.2 Å². The van der Waals surface area contributed by atoms with Gasteiger partial charge in [0.05, 0.1) is 38.1 Å². The van der Waals surface area contributed by atoms with Crippen molar-refractivity contribution >= 4 is 5.97 Å². The standard InChI is InChI=1S/C15H21NO5/c1-19-14(18)7-5-12-9-15(10-17)13(20-12)6-4-11(21-15)3-2-8-16/h5,7,11-13,17H,2-4,6,9-10H2,1H3/b7-5+/t11-,12-,13-,15+/m0/s1. The van der Waals surface area contributed by atoms with E-state index in [1.165, 1.54) is 13.2 Å². The summed E-state index contributed by atoms with van der Waals surface area (Å²) in [4.78, 5) is 11.1. The van der Waals surface area contributed by atoms with Crippen molar-refractivity contribution in [2.45, 2.75) is 56.0 Å². The number of carbonyl (C=O) groups excluding carboxylic acids is 1. The Balaban J connectivity index is 2.00. The topological polar surface area (TPSA) is 88.8 Å². The summed E-state index contributed by atoms with van der Waals surface area (Å²) in [7, 11) is 1.32. The number of nitriles is 1. The number of carbonyl (C=O) groups is 1. The quantitative estimate of drug-likeness (QED) is 0.603. The molecule has 0 aromatic heterocycles. The molecule has 2 aliphatic rings. The molecule has 2 heterocycles. The highest BCUT2D eigenvalue weighted by Crippen LogP contribution is 2.42. The second-order valence-electron chi connectivity index (χ2n) is 5.49. The molecule has 2 saturated heterocycles. The first-order valence-corrected chi connectivity index (χ1v) is 7.21. The number of esters is 1. The summed E-state index contributed by atoms with van der Waals surface area (Å²) in [6.45, 7) is -0.122. The van der Waals surface area contributed by atoms with Crippen molar-refractivity contribution in [1.82, 2.24) is 0 Å². The third-order valence-corrected chi connectivity index (χ3v) is 4.12. The predicted octanol–water partition coefficient (Wildman–Crippen LogP) is 1.09. The zero-order chi connectivity index (χ0) is 15.3. The van der Waals surface area contributed by atoms with Crippen LogP contribution < -0.4 is 0 Å². The summed E-state index contributed by atoms with van der Waals surface area (Å²) >= 11 is 0. The lowest BCUT2D eigenvalue weighted by Gasteiger charge is -2.40. The molecule has 2 aliphatic heterocycles. The minimum absolute atomic E-state index is 0.0139. The number of methoxy groups -OCH3 is 1. The molecule has 0 aliphatic carbocycles. The van der Waals surface area contributed by atoms with Crippen molar-refractivity contribution < 1.29 is 24.1 Å². The summed E-state index contributed by atoms with van der Waals surface area (Å²) in [6, 6.07) is 2.12. The lowest BCUT2D eigenvalue weighted by molar-refractivity contribution is -0.182. The van der Waals surface area contributed by atoms with Gasteiger partial charge in [-0.1, -0.05) is 0 Å². The number of hydrogen-bond donors (Lipinski definition) is 1. The second kappa shape index (κ2) is 7.03. The Morgan fingerprint density at radius 1 is 1.57 bits per heavy atom. The van der Waals surface area contributed by atoms with Crippen LogP contribution in [0.2, 0.25) is 0 Å². The number of aliphatic hydroxyl groups excluding tert-OH is 1. The molecular weight excluding hydrogens is 274 g/mol. The number of hydrogen-bond acceptors (Lipinski definition) is 6. The molecular formula is C15H21NO5. The Hall–Kier alpha value is -1.42. The number of nitrogens with zero attached hydrogens (tertiary/aromatic N) is 1. The molecule has 0 aromatic carbocycles. The first kappa shape index (κ1) is 16.0. The van der Waals surface area contributed by atoms with Gasteiger partial charge in [0.1, 0.15) is 5.60 Å². The molecule has 0 saturated carbocycles. The van der Waals surface area contributed by atoms with E-state index in [-0.39, 0.29) is 24.9 Å². The minimum atomic E-state index is -0.719. The first-order chi connectivity index (χ1) is 10.1. The average Bonchev–Trinajstić information content (AvgIpc) is 2.88. The maximum absolute atomic E-state index is 11.1. The molecule has 1 N–H and O–H groups in total. The molecule has 21 heavy (non-hydrogen) atoms. The maximum Gasteiger partial charge on any atom is 0.330 e. The van der Waals surface area contributed by atoms with E-state index in [9.17, 15) is 9.90 Å². The number of aliphatic hydroxyl groups is 1. The van der Waals surface area contributed by atoms with E-state index in [1.54, 1.807) is 6.08 Å². The molecule has 4 atom stereocenters. The molecule has 2 rings (SSSR count). The SMILES string of the molecule is COC(=O)/C=C/[C@H]1C[C@]2(CO)O[C@@H](CCC#N)CC[C@@H]2O1. The minimum Gasteiger partial charge on any atom is -0.466 e. The normalized spacial score (nSPS) is 35.4. The van der Waals surface area contributed by atoms with E-state index >= 15 is 0 Å². The summed E-state index contributed by atoms with van der Waals surface area (Å²) in [5.74, 6) is -0.431. The van der Waals surface area contributed by atoms with Crippen LogP contribution in [0.4, 0.5) is 0 Å². The smallest absolute Gasteiger partial charge is 0.330 e. The highest BCUT2D eigenvalue weighted by Gasteiger charge is 2.52. The van der Waals surface area contributed by atoms with E-state index in [0.717, 1.165) is 12.8 Å². The van der Waals surface area contributed by atoms with Gasteiger partial charge in [0.25, 0.3) is 0 Å². The molecule has 2 fully saturated rings. The fourth-order valence-electron chi connectivity index (χ4n) is 3.04. The van der Waals surface area contributed by atoms with E-state index in [0.29, 0.717) is 19.3 Å². The van der Waals surface area contributed by atoms with Crippen molar-refractivity contribution in [3.8, 4) is 6.07 Å². The number of ether oxygens (including phenoxy) is 3. The van der Waals surface area contributed by atoms with Gasteiger partial charge in [0.15, 0.2) is 0 Å². The van der Waals surface area contributed by atoms with E-state index in [1.807, 2.05) is 0 Å². The fourth-order valence-corrected chi connectivity index (χ4v) is 3.04. The monoisotopic (exact) mass is 295 g/mol. The third-order valence-electron chi connectivity index (χ3n) is 4.12. The number of rotatable bonds is 5. The van der Waals surface area contributed by atoms with Gasteiger partial charge < -0.3 is 19.3 Å². The Labute approximate surface area is 124 Å². The Kier molecular flexibility index (Phi) is 5.34. The predicted molar refractivity (Wildman–Crippen MR) is 73.2 cm³/mol. The fraction of sp³-hybridized carbons (Fsp3) is 0.733. The summed E-state index contributed by atoms with van der Waals surface area (Å²) in [6.07, 6.45) is 5.77. The van der Waals surface area contributed by atoms with Gasteiger partial charge in [0, 0.05) is 18.9 Å². The van der Waals surface area contributed by atoms with Gasteiger partial charge in [-0.15, -0.1) is 0 Å². The van der Waals surface area contributed by atoms with Crippen LogP contribution in [0.3, 0.4) is 0 Å². The average molecular weight is 295 g/mol. The largest absolute Gasteiger partial charge is 0.466 e. The Morgan fingerprint density at radius 2 is 2.38 bits per heavy atom. The Bertz CT molecular complexity index is 444.